The molecule has 1 amide bonds. The predicted molar refractivity (Wildman–Crippen MR) is 123 cm³/mol. The Morgan fingerprint density at radius 2 is 1.28 bits per heavy atom. The average molecular weight is 410 g/mol. The molecule has 4 heteroatoms. The summed E-state index contributed by atoms with van der Waals surface area (Å²) in [6.45, 7) is 14.6. The molecule has 0 bridgehead atoms. The minimum atomic E-state index is 0.134. The number of hydrogen-bond acceptors (Lipinski definition) is 3. The van der Waals surface area contributed by atoms with Crippen LogP contribution in [-0.4, -0.2) is 31.4 Å². The molecule has 0 fully saturated rings. The quantitative estimate of drug-likeness (QED) is 0.191. The van der Waals surface area contributed by atoms with E-state index in [1.165, 1.54) is 25.7 Å². The first-order valence-electron chi connectivity index (χ1n) is 11.9. The van der Waals surface area contributed by atoms with Gasteiger partial charge in [-0.2, -0.15) is 0 Å². The topological polar surface area (TPSA) is 55.4 Å². The molecule has 0 rings (SSSR count). The van der Waals surface area contributed by atoms with Gasteiger partial charge in [0.2, 0.25) is 5.91 Å². The Labute approximate surface area is 180 Å². The van der Waals surface area contributed by atoms with Gasteiger partial charge >= 0.3 is 0 Å². The molecule has 0 saturated heterocycles. The van der Waals surface area contributed by atoms with Gasteiger partial charge in [-0.3, -0.25) is 9.59 Å². The van der Waals surface area contributed by atoms with E-state index in [1.54, 1.807) is 0 Å². The summed E-state index contributed by atoms with van der Waals surface area (Å²) in [5.74, 6) is 1.17. The Hall–Kier alpha value is -1.16. The number of ketones is 1. The number of hydrogen-bond donors (Lipinski definition) is 1. The predicted octanol–water partition coefficient (Wildman–Crippen LogP) is 6.24. The van der Waals surface area contributed by atoms with Gasteiger partial charge in [0.05, 0.1) is 0 Å². The molecular weight excluding hydrogens is 362 g/mol. The minimum absolute atomic E-state index is 0.134. The third-order valence-electron chi connectivity index (χ3n) is 5.38. The van der Waals surface area contributed by atoms with Crippen molar-refractivity contribution in [3.8, 4) is 0 Å². The van der Waals surface area contributed by atoms with Crippen LogP contribution >= 0.6 is 0 Å². The van der Waals surface area contributed by atoms with Crippen LogP contribution in [0, 0.1) is 11.8 Å². The van der Waals surface area contributed by atoms with E-state index in [4.69, 9.17) is 4.74 Å². The van der Waals surface area contributed by atoms with E-state index in [-0.39, 0.29) is 11.8 Å². The Balaban J connectivity index is 3.25. The molecule has 0 aromatic rings. The maximum atomic E-state index is 11.8. The second kappa shape index (κ2) is 18.8. The summed E-state index contributed by atoms with van der Waals surface area (Å²) in [4.78, 5) is 23.3. The van der Waals surface area contributed by atoms with Crippen molar-refractivity contribution < 1.29 is 14.3 Å². The lowest BCUT2D eigenvalue weighted by Gasteiger charge is -2.09. The standard InChI is InChI=1S/C25H47NO3/c1-21(2)23(5)16-17-25(28)26-18-12-10-14-20-29-19-13-9-7-6-8-11-15-24(27)22(3)4/h21-22H,5-20H2,1-4H3,(H,26,28). The van der Waals surface area contributed by atoms with E-state index in [0.717, 1.165) is 70.3 Å². The fraction of sp³-hybridized carbons (Fsp3) is 0.840. The normalized spacial score (nSPS) is 11.2. The van der Waals surface area contributed by atoms with Gasteiger partial charge in [-0.05, 0) is 44.4 Å². The van der Waals surface area contributed by atoms with Crippen LogP contribution in [0.2, 0.25) is 0 Å². The first kappa shape index (κ1) is 27.8. The summed E-state index contributed by atoms with van der Waals surface area (Å²) in [7, 11) is 0. The van der Waals surface area contributed by atoms with E-state index < -0.39 is 0 Å². The highest BCUT2D eigenvalue weighted by molar-refractivity contribution is 5.80. The van der Waals surface area contributed by atoms with Crippen molar-refractivity contribution in [2.24, 2.45) is 11.8 Å². The molecular formula is C25H47NO3. The van der Waals surface area contributed by atoms with Crippen LogP contribution in [0.5, 0.6) is 0 Å². The molecule has 0 aliphatic carbocycles. The van der Waals surface area contributed by atoms with Gasteiger partial charge in [-0.1, -0.05) is 65.5 Å². The molecule has 0 atom stereocenters. The lowest BCUT2D eigenvalue weighted by molar-refractivity contribution is -0.122. The summed E-state index contributed by atoms with van der Waals surface area (Å²) < 4.78 is 5.69. The molecule has 0 aromatic carbocycles. The van der Waals surface area contributed by atoms with Gasteiger partial charge in [0.25, 0.3) is 0 Å². The first-order valence-corrected chi connectivity index (χ1v) is 11.9. The average Bonchev–Trinajstić information content (AvgIpc) is 2.68. The number of amides is 1. The van der Waals surface area contributed by atoms with Crippen molar-refractivity contribution in [3.05, 3.63) is 12.2 Å². The number of unbranched alkanes of at least 4 members (excludes halogenated alkanes) is 7. The van der Waals surface area contributed by atoms with Gasteiger partial charge < -0.3 is 10.1 Å². The summed E-state index contributed by atoms with van der Waals surface area (Å²) in [5.41, 5.74) is 1.15. The number of allylic oxidation sites excluding steroid dienone is 1. The van der Waals surface area contributed by atoms with E-state index in [1.807, 2.05) is 13.8 Å². The maximum Gasteiger partial charge on any atom is 0.220 e. The number of Topliss-reactive ketones (excluding diaryl/α,β-unsaturated/α-hetero) is 1. The molecule has 0 spiro atoms. The first-order chi connectivity index (χ1) is 13.8. The number of nitrogens with one attached hydrogen (secondary N) is 1. The van der Waals surface area contributed by atoms with Crippen LogP contribution in [0.4, 0.5) is 0 Å². The number of ether oxygens (including phenoxy) is 1. The lowest BCUT2D eigenvalue weighted by Crippen LogP contribution is -2.24. The summed E-state index contributed by atoms with van der Waals surface area (Å²) in [6.07, 6.45) is 12.3. The number of rotatable bonds is 20. The molecule has 170 valence electrons. The van der Waals surface area contributed by atoms with Crippen molar-refractivity contribution in [3.63, 3.8) is 0 Å². The zero-order chi connectivity index (χ0) is 21.9. The van der Waals surface area contributed by atoms with Gasteiger partial charge in [0, 0.05) is 38.5 Å². The largest absolute Gasteiger partial charge is 0.381 e. The van der Waals surface area contributed by atoms with Gasteiger partial charge in [-0.15, -0.1) is 0 Å². The smallest absolute Gasteiger partial charge is 0.220 e. The highest BCUT2D eigenvalue weighted by atomic mass is 16.5. The fourth-order valence-corrected chi connectivity index (χ4v) is 2.99. The highest BCUT2D eigenvalue weighted by Gasteiger charge is 2.06. The van der Waals surface area contributed by atoms with Crippen LogP contribution < -0.4 is 5.32 Å². The van der Waals surface area contributed by atoms with E-state index in [2.05, 4.69) is 25.7 Å². The van der Waals surface area contributed by atoms with Crippen LogP contribution in [-0.2, 0) is 14.3 Å². The molecule has 0 unspecified atom stereocenters. The Kier molecular flexibility index (Phi) is 18.1. The van der Waals surface area contributed by atoms with Gasteiger partial charge in [0.15, 0.2) is 0 Å². The molecule has 0 aliphatic heterocycles. The van der Waals surface area contributed by atoms with Crippen molar-refractivity contribution in [1.29, 1.82) is 0 Å². The van der Waals surface area contributed by atoms with Crippen molar-refractivity contribution in [2.75, 3.05) is 19.8 Å². The SMILES string of the molecule is C=C(CCC(=O)NCCCCCOCCCCCCCCC(=O)C(C)C)C(C)C. The molecule has 29 heavy (non-hydrogen) atoms. The zero-order valence-corrected chi connectivity index (χ0v) is 19.7. The minimum Gasteiger partial charge on any atom is -0.381 e. The molecule has 1 N–H and O–H groups in total. The Bertz CT molecular complexity index is 443. The van der Waals surface area contributed by atoms with Gasteiger partial charge in [0.1, 0.15) is 5.78 Å². The lowest BCUT2D eigenvalue weighted by atomic mass is 10.0. The molecule has 4 nitrogen and oxygen atoms in total. The fourth-order valence-electron chi connectivity index (χ4n) is 2.99. The molecule has 0 aromatic heterocycles. The molecule has 0 radical (unpaired) electrons. The molecule has 0 heterocycles. The number of carbonyl (C=O) groups is 2. The Morgan fingerprint density at radius 3 is 1.86 bits per heavy atom. The van der Waals surface area contributed by atoms with E-state index in [0.29, 0.717) is 18.1 Å². The van der Waals surface area contributed by atoms with Crippen molar-refractivity contribution >= 4 is 11.7 Å². The molecule has 0 saturated carbocycles. The third kappa shape index (κ3) is 18.6. The summed E-state index contributed by atoms with van der Waals surface area (Å²) >= 11 is 0. The second-order valence-electron chi connectivity index (χ2n) is 8.83. The third-order valence-corrected chi connectivity index (χ3v) is 5.38. The van der Waals surface area contributed by atoms with Crippen molar-refractivity contribution in [1.82, 2.24) is 5.32 Å². The summed E-state index contributed by atoms with van der Waals surface area (Å²) in [6, 6.07) is 0. The summed E-state index contributed by atoms with van der Waals surface area (Å²) in [5, 5.41) is 2.99. The van der Waals surface area contributed by atoms with Crippen LogP contribution in [0.15, 0.2) is 12.2 Å². The Morgan fingerprint density at radius 1 is 0.724 bits per heavy atom. The van der Waals surface area contributed by atoms with Crippen molar-refractivity contribution in [2.45, 2.75) is 105 Å². The van der Waals surface area contributed by atoms with Gasteiger partial charge in [-0.25, -0.2) is 0 Å². The molecule has 0 aliphatic rings. The monoisotopic (exact) mass is 409 g/mol. The van der Waals surface area contributed by atoms with Crippen LogP contribution in [0.1, 0.15) is 105 Å². The van der Waals surface area contributed by atoms with Crippen LogP contribution in [0.3, 0.4) is 0 Å². The van der Waals surface area contributed by atoms with Crippen LogP contribution in [0.25, 0.3) is 0 Å². The second-order valence-corrected chi connectivity index (χ2v) is 8.83. The highest BCUT2D eigenvalue weighted by Crippen LogP contribution is 2.13. The zero-order valence-electron chi connectivity index (χ0n) is 19.7. The maximum absolute atomic E-state index is 11.8. The van der Waals surface area contributed by atoms with E-state index >= 15 is 0 Å². The van der Waals surface area contributed by atoms with E-state index in [9.17, 15) is 9.59 Å². The number of carbonyl (C=O) groups excluding carboxylic acids is 2.